The van der Waals surface area contributed by atoms with Crippen molar-refractivity contribution in [3.63, 3.8) is 0 Å². The SMILES string of the molecule is CN(CCOc1ccc(Cl)cc1)C(=O)CN1CCC(C)(CN)C1.Cl. The molecule has 2 N–H and O–H groups in total. The molecule has 1 amide bonds. The van der Waals surface area contributed by atoms with Crippen LogP contribution in [0.25, 0.3) is 0 Å². The molecular formula is C17H27Cl2N3O2. The lowest BCUT2D eigenvalue weighted by molar-refractivity contribution is -0.131. The first-order chi connectivity index (χ1) is 10.9. The van der Waals surface area contributed by atoms with Crippen molar-refractivity contribution >= 4 is 29.9 Å². The highest BCUT2D eigenvalue weighted by atomic mass is 35.5. The zero-order chi connectivity index (χ0) is 16.9. The van der Waals surface area contributed by atoms with E-state index in [0.717, 1.165) is 25.3 Å². The summed E-state index contributed by atoms with van der Waals surface area (Å²) < 4.78 is 5.62. The number of likely N-dealkylation sites (tertiary alicyclic amines) is 1. The average molecular weight is 376 g/mol. The maximum atomic E-state index is 12.3. The Kier molecular flexibility index (Phi) is 8.30. The van der Waals surface area contributed by atoms with Crippen molar-refractivity contribution in [3.8, 4) is 5.75 Å². The largest absolute Gasteiger partial charge is 0.492 e. The molecule has 0 saturated carbocycles. The number of carbonyl (C=O) groups is 1. The van der Waals surface area contributed by atoms with Crippen molar-refractivity contribution in [3.05, 3.63) is 29.3 Å². The van der Waals surface area contributed by atoms with Crippen LogP contribution in [-0.4, -0.2) is 62.1 Å². The quantitative estimate of drug-likeness (QED) is 0.793. The van der Waals surface area contributed by atoms with Gasteiger partial charge >= 0.3 is 0 Å². The van der Waals surface area contributed by atoms with Crippen molar-refractivity contribution in [1.29, 1.82) is 0 Å². The van der Waals surface area contributed by atoms with Crippen LogP contribution in [0.5, 0.6) is 5.75 Å². The third-order valence-corrected chi connectivity index (χ3v) is 4.68. The number of hydrogen-bond acceptors (Lipinski definition) is 4. The van der Waals surface area contributed by atoms with Gasteiger partial charge in [0.1, 0.15) is 12.4 Å². The third kappa shape index (κ3) is 6.13. The summed E-state index contributed by atoms with van der Waals surface area (Å²) >= 11 is 5.83. The molecule has 24 heavy (non-hydrogen) atoms. The van der Waals surface area contributed by atoms with E-state index in [9.17, 15) is 4.79 Å². The fourth-order valence-corrected chi connectivity index (χ4v) is 2.82. The van der Waals surface area contributed by atoms with Gasteiger partial charge in [-0.2, -0.15) is 0 Å². The van der Waals surface area contributed by atoms with Crippen LogP contribution >= 0.6 is 24.0 Å². The zero-order valence-corrected chi connectivity index (χ0v) is 15.9. The second kappa shape index (κ2) is 9.47. The van der Waals surface area contributed by atoms with E-state index >= 15 is 0 Å². The number of benzene rings is 1. The molecule has 1 aromatic rings. The van der Waals surface area contributed by atoms with Crippen molar-refractivity contribution in [2.24, 2.45) is 11.1 Å². The third-order valence-electron chi connectivity index (χ3n) is 4.42. The Morgan fingerprint density at radius 1 is 1.42 bits per heavy atom. The normalized spacial score (nSPS) is 20.5. The van der Waals surface area contributed by atoms with Gasteiger partial charge in [0.05, 0.1) is 13.1 Å². The smallest absolute Gasteiger partial charge is 0.236 e. The summed E-state index contributed by atoms with van der Waals surface area (Å²) in [6.45, 7) is 6.16. The van der Waals surface area contributed by atoms with E-state index in [2.05, 4.69) is 11.8 Å². The lowest BCUT2D eigenvalue weighted by Gasteiger charge is -2.24. The highest BCUT2D eigenvalue weighted by Gasteiger charge is 2.33. The monoisotopic (exact) mass is 375 g/mol. The molecule has 1 aliphatic heterocycles. The number of halogens is 2. The standard InChI is InChI=1S/C17H26ClN3O2.ClH/c1-17(12-19)7-8-21(13-17)11-16(22)20(2)9-10-23-15-5-3-14(18)4-6-15;/h3-6H,7-13,19H2,1-2H3;1H. The zero-order valence-electron chi connectivity index (χ0n) is 14.3. The summed E-state index contributed by atoms with van der Waals surface area (Å²) in [5.74, 6) is 0.875. The summed E-state index contributed by atoms with van der Waals surface area (Å²) in [6.07, 6.45) is 1.06. The van der Waals surface area contributed by atoms with Crippen molar-refractivity contribution in [1.82, 2.24) is 9.80 Å². The Hall–Kier alpha value is -1.01. The summed E-state index contributed by atoms with van der Waals surface area (Å²) in [7, 11) is 1.81. The molecule has 1 unspecified atom stereocenters. The summed E-state index contributed by atoms with van der Waals surface area (Å²) in [5, 5.41) is 0.680. The number of rotatable bonds is 7. The number of ether oxygens (including phenoxy) is 1. The number of nitrogens with two attached hydrogens (primary N) is 1. The Morgan fingerprint density at radius 3 is 2.67 bits per heavy atom. The molecule has 1 aliphatic rings. The van der Waals surface area contributed by atoms with Crippen LogP contribution in [0.1, 0.15) is 13.3 Å². The average Bonchev–Trinajstić information content (AvgIpc) is 2.91. The summed E-state index contributed by atoms with van der Waals surface area (Å²) in [6, 6.07) is 7.21. The fourth-order valence-electron chi connectivity index (χ4n) is 2.70. The van der Waals surface area contributed by atoms with Gasteiger partial charge in [0.2, 0.25) is 5.91 Å². The van der Waals surface area contributed by atoms with Crippen molar-refractivity contribution in [2.75, 3.05) is 46.4 Å². The number of amides is 1. The van der Waals surface area contributed by atoms with Crippen LogP contribution in [0, 0.1) is 5.41 Å². The second-order valence-corrected chi connectivity index (χ2v) is 7.03. The van der Waals surface area contributed by atoms with E-state index in [1.165, 1.54) is 0 Å². The maximum absolute atomic E-state index is 12.3. The Balaban J connectivity index is 0.00000288. The second-order valence-electron chi connectivity index (χ2n) is 6.59. The molecule has 0 radical (unpaired) electrons. The lowest BCUT2D eigenvalue weighted by atomic mass is 9.90. The summed E-state index contributed by atoms with van der Waals surface area (Å²) in [5.41, 5.74) is 5.95. The van der Waals surface area contributed by atoms with Crippen LogP contribution in [0.15, 0.2) is 24.3 Å². The van der Waals surface area contributed by atoms with Gasteiger partial charge in [-0.3, -0.25) is 9.69 Å². The van der Waals surface area contributed by atoms with Gasteiger partial charge < -0.3 is 15.4 Å². The maximum Gasteiger partial charge on any atom is 0.236 e. The topological polar surface area (TPSA) is 58.8 Å². The van der Waals surface area contributed by atoms with E-state index in [4.69, 9.17) is 22.1 Å². The molecule has 1 fully saturated rings. The van der Waals surface area contributed by atoms with Crippen molar-refractivity contribution < 1.29 is 9.53 Å². The van der Waals surface area contributed by atoms with Gasteiger partial charge in [0.15, 0.2) is 0 Å². The number of hydrogen-bond donors (Lipinski definition) is 1. The predicted molar refractivity (Wildman–Crippen MR) is 100 cm³/mol. The number of nitrogens with zero attached hydrogens (tertiary/aromatic N) is 2. The van der Waals surface area contributed by atoms with Gasteiger partial charge in [-0.1, -0.05) is 18.5 Å². The Labute approximate surface area is 155 Å². The number of carbonyl (C=O) groups excluding carboxylic acids is 1. The molecule has 136 valence electrons. The predicted octanol–water partition coefficient (Wildman–Crippen LogP) is 2.27. The molecule has 0 bridgehead atoms. The van der Waals surface area contributed by atoms with Crippen LogP contribution in [-0.2, 0) is 4.79 Å². The van der Waals surface area contributed by atoms with E-state index < -0.39 is 0 Å². The highest BCUT2D eigenvalue weighted by Crippen LogP contribution is 2.28. The van der Waals surface area contributed by atoms with Gasteiger partial charge in [-0.25, -0.2) is 0 Å². The van der Waals surface area contributed by atoms with E-state index in [1.807, 2.05) is 19.2 Å². The minimum atomic E-state index is 0. The van der Waals surface area contributed by atoms with E-state index in [0.29, 0.717) is 31.3 Å². The number of likely N-dealkylation sites (N-methyl/N-ethyl adjacent to an activating group) is 1. The lowest BCUT2D eigenvalue weighted by Crippen LogP contribution is -2.40. The molecule has 1 aromatic carbocycles. The Morgan fingerprint density at radius 2 is 2.08 bits per heavy atom. The molecule has 0 aliphatic carbocycles. The Bertz CT molecular complexity index is 527. The van der Waals surface area contributed by atoms with E-state index in [-0.39, 0.29) is 23.7 Å². The summed E-state index contributed by atoms with van der Waals surface area (Å²) in [4.78, 5) is 16.2. The first-order valence-electron chi connectivity index (χ1n) is 7.97. The first kappa shape index (κ1) is 21.0. The van der Waals surface area contributed by atoms with Crippen LogP contribution in [0.2, 0.25) is 5.02 Å². The molecular weight excluding hydrogens is 349 g/mol. The molecule has 0 aromatic heterocycles. The van der Waals surface area contributed by atoms with Crippen LogP contribution in [0.4, 0.5) is 0 Å². The van der Waals surface area contributed by atoms with Crippen molar-refractivity contribution in [2.45, 2.75) is 13.3 Å². The molecule has 2 rings (SSSR count). The van der Waals surface area contributed by atoms with Crippen LogP contribution < -0.4 is 10.5 Å². The first-order valence-corrected chi connectivity index (χ1v) is 8.34. The van der Waals surface area contributed by atoms with Crippen LogP contribution in [0.3, 0.4) is 0 Å². The minimum Gasteiger partial charge on any atom is -0.492 e. The molecule has 1 saturated heterocycles. The van der Waals surface area contributed by atoms with E-state index in [1.54, 1.807) is 17.0 Å². The highest BCUT2D eigenvalue weighted by molar-refractivity contribution is 6.30. The molecule has 0 spiro atoms. The minimum absolute atomic E-state index is 0. The molecule has 5 nitrogen and oxygen atoms in total. The fraction of sp³-hybridized carbons (Fsp3) is 0.588. The van der Waals surface area contributed by atoms with Gasteiger partial charge in [-0.15, -0.1) is 12.4 Å². The molecule has 1 atom stereocenters. The van der Waals surface area contributed by atoms with Gasteiger partial charge in [0, 0.05) is 18.6 Å². The molecule has 1 heterocycles. The van der Waals surface area contributed by atoms with Gasteiger partial charge in [-0.05, 0) is 49.2 Å². The van der Waals surface area contributed by atoms with Gasteiger partial charge in [0.25, 0.3) is 0 Å². The molecule has 7 heteroatoms.